The Morgan fingerprint density at radius 1 is 1.14 bits per heavy atom. The second-order valence-electron chi connectivity index (χ2n) is 9.26. The minimum atomic E-state index is -0.526. The van der Waals surface area contributed by atoms with E-state index >= 15 is 0 Å². The third-order valence-corrected chi connectivity index (χ3v) is 6.80. The minimum Gasteiger partial charge on any atom is -0.494 e. The molecule has 10 nitrogen and oxygen atoms in total. The van der Waals surface area contributed by atoms with Crippen LogP contribution in [0.2, 0.25) is 0 Å². The molecule has 4 aromatic rings. The van der Waals surface area contributed by atoms with E-state index in [2.05, 4.69) is 30.2 Å². The van der Waals surface area contributed by atoms with Crippen LogP contribution in [-0.2, 0) is 4.74 Å². The molecule has 2 atom stereocenters. The van der Waals surface area contributed by atoms with Gasteiger partial charge in [0.2, 0.25) is 5.95 Å². The number of pyridine rings is 1. The molecular formula is C26H28FN7O3. The molecule has 37 heavy (non-hydrogen) atoms. The quantitative estimate of drug-likeness (QED) is 0.393. The van der Waals surface area contributed by atoms with Crippen LogP contribution in [0.3, 0.4) is 0 Å². The van der Waals surface area contributed by atoms with E-state index in [4.69, 9.17) is 9.47 Å². The van der Waals surface area contributed by atoms with Gasteiger partial charge < -0.3 is 24.8 Å². The predicted octanol–water partition coefficient (Wildman–Crippen LogP) is 2.56. The summed E-state index contributed by atoms with van der Waals surface area (Å²) in [5.41, 5.74) is 3.21. The Hall–Kier alpha value is -3.80. The van der Waals surface area contributed by atoms with Gasteiger partial charge in [-0.2, -0.15) is 5.10 Å². The highest BCUT2D eigenvalue weighted by molar-refractivity contribution is 5.78. The summed E-state index contributed by atoms with van der Waals surface area (Å²) in [5, 5.41) is 16.7. The summed E-state index contributed by atoms with van der Waals surface area (Å²) >= 11 is 0. The highest BCUT2D eigenvalue weighted by Gasteiger charge is 2.35. The molecule has 2 fully saturated rings. The number of nitrogens with one attached hydrogen (secondary N) is 1. The van der Waals surface area contributed by atoms with Crippen molar-refractivity contribution in [3.8, 4) is 17.0 Å². The van der Waals surface area contributed by atoms with Crippen LogP contribution < -0.4 is 15.0 Å². The number of hydrogen-bond acceptors (Lipinski definition) is 9. The summed E-state index contributed by atoms with van der Waals surface area (Å²) in [5.74, 6) is 0.353. The van der Waals surface area contributed by atoms with Gasteiger partial charge in [0.05, 0.1) is 49.5 Å². The number of benzene rings is 1. The molecule has 0 radical (unpaired) electrons. The topological polar surface area (TPSA) is 100 Å². The van der Waals surface area contributed by atoms with E-state index in [1.807, 2.05) is 36.4 Å². The number of morpholine rings is 2. The summed E-state index contributed by atoms with van der Waals surface area (Å²) < 4.78 is 28.2. The molecule has 0 aliphatic carbocycles. The SMILES string of the molecule is COc1cc(N2CC3CN(CCO)CC(C2)O3)ccc1Nc1ncc(F)c(-c2cnn3ccccc23)n1. The number of halogens is 1. The normalized spacial score (nSPS) is 19.8. The number of nitrogens with zero attached hydrogens (tertiary/aromatic N) is 6. The second kappa shape index (κ2) is 9.92. The number of fused-ring (bicyclic) bond motifs is 3. The van der Waals surface area contributed by atoms with Crippen LogP contribution >= 0.6 is 0 Å². The van der Waals surface area contributed by atoms with E-state index in [1.54, 1.807) is 24.0 Å². The van der Waals surface area contributed by atoms with Crippen LogP contribution in [0.15, 0.2) is 55.0 Å². The summed E-state index contributed by atoms with van der Waals surface area (Å²) in [6, 6.07) is 11.5. The lowest BCUT2D eigenvalue weighted by molar-refractivity contribution is -0.0961. The van der Waals surface area contributed by atoms with Crippen molar-refractivity contribution in [2.45, 2.75) is 12.2 Å². The molecule has 2 N–H and O–H groups in total. The lowest BCUT2D eigenvalue weighted by Crippen LogP contribution is -2.60. The van der Waals surface area contributed by atoms with Crippen molar-refractivity contribution in [1.29, 1.82) is 0 Å². The van der Waals surface area contributed by atoms with Crippen molar-refractivity contribution >= 4 is 22.8 Å². The van der Waals surface area contributed by atoms with Crippen molar-refractivity contribution in [2.24, 2.45) is 0 Å². The Balaban J connectivity index is 1.23. The van der Waals surface area contributed by atoms with Gasteiger partial charge in [-0.15, -0.1) is 0 Å². The molecule has 0 saturated carbocycles. The van der Waals surface area contributed by atoms with Gasteiger partial charge in [-0.25, -0.2) is 18.9 Å². The van der Waals surface area contributed by atoms with Crippen LogP contribution in [0.1, 0.15) is 0 Å². The minimum absolute atomic E-state index is 0.0915. The molecule has 11 heteroatoms. The summed E-state index contributed by atoms with van der Waals surface area (Å²) in [6.07, 6.45) is 4.74. The monoisotopic (exact) mass is 505 g/mol. The van der Waals surface area contributed by atoms with E-state index in [1.165, 1.54) is 0 Å². The molecule has 6 rings (SSSR count). The lowest BCUT2D eigenvalue weighted by Gasteiger charge is -2.46. The van der Waals surface area contributed by atoms with Gasteiger partial charge in [-0.05, 0) is 24.3 Å². The Kier molecular flexibility index (Phi) is 6.33. The van der Waals surface area contributed by atoms with E-state index in [-0.39, 0.29) is 30.5 Å². The molecule has 192 valence electrons. The van der Waals surface area contributed by atoms with Crippen molar-refractivity contribution in [2.75, 3.05) is 56.7 Å². The number of anilines is 3. The van der Waals surface area contributed by atoms with Gasteiger partial charge in [0.1, 0.15) is 11.4 Å². The predicted molar refractivity (Wildman–Crippen MR) is 137 cm³/mol. The van der Waals surface area contributed by atoms with E-state index < -0.39 is 5.82 Å². The Morgan fingerprint density at radius 3 is 2.76 bits per heavy atom. The summed E-state index contributed by atoms with van der Waals surface area (Å²) in [7, 11) is 1.61. The number of methoxy groups -OCH3 is 1. The van der Waals surface area contributed by atoms with Crippen LogP contribution in [-0.4, -0.2) is 88.2 Å². The standard InChI is InChI=1S/C26H28FN7O3/c1-36-24-10-17(33-15-18-13-32(8-9-35)14-19(16-33)37-18)5-6-22(24)30-26-28-12-21(27)25(31-26)20-11-29-34-7-3-2-4-23(20)34/h2-7,10-12,18-19,35H,8-9,13-16H2,1H3,(H,28,30,31). The first-order valence-electron chi connectivity index (χ1n) is 12.2. The average molecular weight is 506 g/mol. The molecule has 0 spiro atoms. The van der Waals surface area contributed by atoms with Gasteiger partial charge in [0.25, 0.3) is 0 Å². The number of aliphatic hydroxyl groups excluding tert-OH is 1. The maximum atomic E-state index is 14.7. The molecule has 2 bridgehead atoms. The number of aromatic nitrogens is 4. The largest absolute Gasteiger partial charge is 0.494 e. The first-order valence-corrected chi connectivity index (χ1v) is 12.2. The van der Waals surface area contributed by atoms with Gasteiger partial charge in [-0.3, -0.25) is 4.90 Å². The molecule has 2 aliphatic rings. The zero-order valence-electron chi connectivity index (χ0n) is 20.4. The molecule has 1 aromatic carbocycles. The van der Waals surface area contributed by atoms with E-state index in [0.29, 0.717) is 23.5 Å². The third-order valence-electron chi connectivity index (χ3n) is 6.80. The van der Waals surface area contributed by atoms with Crippen molar-refractivity contribution in [3.63, 3.8) is 0 Å². The van der Waals surface area contributed by atoms with Crippen LogP contribution in [0, 0.1) is 5.82 Å². The van der Waals surface area contributed by atoms with Gasteiger partial charge in [-0.1, -0.05) is 6.07 Å². The molecular weight excluding hydrogens is 477 g/mol. The summed E-state index contributed by atoms with van der Waals surface area (Å²) in [6.45, 7) is 3.97. The van der Waals surface area contributed by atoms with Gasteiger partial charge >= 0.3 is 0 Å². The number of β-amino-alcohol motifs (C(OH)–C–C–N with tert-alkyl or cyclic N) is 1. The fourth-order valence-corrected chi connectivity index (χ4v) is 5.14. The zero-order valence-corrected chi connectivity index (χ0v) is 20.4. The molecule has 2 aliphatic heterocycles. The molecule has 5 heterocycles. The maximum Gasteiger partial charge on any atom is 0.228 e. The second-order valence-corrected chi connectivity index (χ2v) is 9.26. The number of aliphatic hydroxyl groups is 1. The molecule has 2 unspecified atom stereocenters. The first kappa shape index (κ1) is 23.6. The zero-order chi connectivity index (χ0) is 25.4. The average Bonchev–Trinajstić information content (AvgIpc) is 3.33. The van der Waals surface area contributed by atoms with E-state index in [0.717, 1.165) is 43.6 Å². The molecule has 0 amide bonds. The maximum absolute atomic E-state index is 14.7. The number of hydrogen-bond donors (Lipinski definition) is 2. The Labute approximate surface area is 213 Å². The van der Waals surface area contributed by atoms with Crippen LogP contribution in [0.5, 0.6) is 5.75 Å². The van der Waals surface area contributed by atoms with E-state index in [9.17, 15) is 9.50 Å². The van der Waals surface area contributed by atoms with Crippen molar-refractivity contribution in [1.82, 2.24) is 24.5 Å². The Morgan fingerprint density at radius 2 is 1.97 bits per heavy atom. The highest BCUT2D eigenvalue weighted by Crippen LogP contribution is 2.34. The first-order chi connectivity index (χ1) is 18.1. The molecule has 3 aromatic heterocycles. The fourth-order valence-electron chi connectivity index (χ4n) is 5.14. The van der Waals surface area contributed by atoms with Crippen molar-refractivity contribution < 1.29 is 19.0 Å². The van der Waals surface area contributed by atoms with Gasteiger partial charge in [0, 0.05) is 56.2 Å². The van der Waals surface area contributed by atoms with Gasteiger partial charge in [0.15, 0.2) is 5.82 Å². The summed E-state index contributed by atoms with van der Waals surface area (Å²) in [4.78, 5) is 13.2. The lowest BCUT2D eigenvalue weighted by atomic mass is 10.1. The molecule has 2 saturated heterocycles. The van der Waals surface area contributed by atoms with Crippen LogP contribution in [0.25, 0.3) is 16.8 Å². The highest BCUT2D eigenvalue weighted by atomic mass is 19.1. The van der Waals surface area contributed by atoms with Crippen molar-refractivity contribution in [3.05, 3.63) is 60.8 Å². The number of ether oxygens (including phenoxy) is 2. The fraction of sp³-hybridized carbons (Fsp3) is 0.346. The third kappa shape index (κ3) is 4.68. The van der Waals surface area contributed by atoms with Crippen LogP contribution in [0.4, 0.5) is 21.7 Å². The number of rotatable bonds is 7. The Bertz CT molecular complexity index is 1400. The smallest absolute Gasteiger partial charge is 0.228 e.